The maximum absolute atomic E-state index is 11.1. The van der Waals surface area contributed by atoms with Gasteiger partial charge in [-0.25, -0.2) is 0 Å². The average molecular weight is 200 g/mol. The van der Waals surface area contributed by atoms with Gasteiger partial charge in [0.25, 0.3) is 0 Å². The number of rotatable bonds is 5. The molecule has 0 rings (SSSR count). The zero-order valence-corrected chi connectivity index (χ0v) is 8.66. The van der Waals surface area contributed by atoms with Gasteiger partial charge in [0.1, 0.15) is 6.29 Å². The van der Waals surface area contributed by atoms with Gasteiger partial charge in [0.2, 0.25) is 11.8 Å². The van der Waals surface area contributed by atoms with Gasteiger partial charge in [-0.1, -0.05) is 13.8 Å². The quantitative estimate of drug-likeness (QED) is 0.585. The van der Waals surface area contributed by atoms with Crippen LogP contribution >= 0.6 is 0 Å². The van der Waals surface area contributed by atoms with E-state index in [-0.39, 0.29) is 24.3 Å². The van der Waals surface area contributed by atoms with E-state index in [9.17, 15) is 14.4 Å². The molecular weight excluding hydrogens is 184 g/mol. The third kappa shape index (κ3) is 5.29. The second kappa shape index (κ2) is 6.12. The van der Waals surface area contributed by atoms with Crippen LogP contribution < -0.4 is 10.6 Å². The predicted molar refractivity (Wildman–Crippen MR) is 51.5 cm³/mol. The van der Waals surface area contributed by atoms with Gasteiger partial charge in [-0.05, 0) is 5.92 Å². The molecule has 0 saturated heterocycles. The second-order valence-corrected chi connectivity index (χ2v) is 3.38. The minimum absolute atomic E-state index is 0.0498. The Balaban J connectivity index is 3.91. The van der Waals surface area contributed by atoms with Crippen molar-refractivity contribution in [3.8, 4) is 0 Å². The fourth-order valence-electron chi connectivity index (χ4n) is 0.799. The van der Waals surface area contributed by atoms with Crippen LogP contribution in [0.4, 0.5) is 0 Å². The lowest BCUT2D eigenvalue weighted by atomic mass is 10.1. The molecule has 0 aromatic heterocycles. The third-order valence-electron chi connectivity index (χ3n) is 1.69. The zero-order chi connectivity index (χ0) is 11.1. The van der Waals surface area contributed by atoms with Crippen LogP contribution in [-0.4, -0.2) is 30.7 Å². The van der Waals surface area contributed by atoms with Crippen molar-refractivity contribution in [2.45, 2.75) is 26.8 Å². The Kier molecular flexibility index (Phi) is 5.52. The highest BCUT2D eigenvalue weighted by atomic mass is 16.2. The predicted octanol–water partition coefficient (Wildman–Crippen LogP) is -0.538. The van der Waals surface area contributed by atoms with Gasteiger partial charge in [-0.15, -0.1) is 0 Å². The maximum atomic E-state index is 11.1. The molecule has 0 spiro atoms. The van der Waals surface area contributed by atoms with E-state index >= 15 is 0 Å². The largest absolute Gasteiger partial charge is 0.347 e. The first-order chi connectivity index (χ1) is 6.47. The van der Waals surface area contributed by atoms with Crippen molar-refractivity contribution >= 4 is 18.1 Å². The number of aldehydes is 1. The average Bonchev–Trinajstić information content (AvgIpc) is 2.10. The number of carbonyl (C=O) groups is 3. The van der Waals surface area contributed by atoms with E-state index in [1.807, 2.05) is 13.8 Å². The second-order valence-electron chi connectivity index (χ2n) is 3.38. The van der Waals surface area contributed by atoms with Crippen LogP contribution in [0.1, 0.15) is 20.8 Å². The Morgan fingerprint density at radius 2 is 1.93 bits per heavy atom. The Hall–Kier alpha value is -1.39. The monoisotopic (exact) mass is 200 g/mol. The van der Waals surface area contributed by atoms with E-state index in [0.717, 1.165) is 0 Å². The van der Waals surface area contributed by atoms with E-state index in [0.29, 0.717) is 6.29 Å². The first-order valence-corrected chi connectivity index (χ1v) is 4.46. The van der Waals surface area contributed by atoms with Crippen molar-refractivity contribution in [3.05, 3.63) is 0 Å². The molecule has 5 heteroatoms. The van der Waals surface area contributed by atoms with Crippen molar-refractivity contribution in [1.82, 2.24) is 10.6 Å². The minimum atomic E-state index is -0.490. The van der Waals surface area contributed by atoms with Crippen molar-refractivity contribution in [2.24, 2.45) is 5.92 Å². The Labute approximate surface area is 83.2 Å². The number of carbonyl (C=O) groups excluding carboxylic acids is 3. The van der Waals surface area contributed by atoms with E-state index < -0.39 is 6.04 Å². The van der Waals surface area contributed by atoms with Crippen LogP contribution in [0.3, 0.4) is 0 Å². The number of hydrogen-bond donors (Lipinski definition) is 2. The Morgan fingerprint density at radius 3 is 2.29 bits per heavy atom. The highest BCUT2D eigenvalue weighted by molar-refractivity contribution is 5.85. The van der Waals surface area contributed by atoms with Crippen LogP contribution in [0.5, 0.6) is 0 Å². The highest BCUT2D eigenvalue weighted by Crippen LogP contribution is 1.97. The standard InChI is InChI=1S/C9H16N2O3/c1-6(2)8(5-12)11-9(14)4-10-7(3)13/h5-6,8H,4H2,1-3H3,(H,10,13)(H,11,14). The maximum Gasteiger partial charge on any atom is 0.239 e. The molecule has 0 saturated carbocycles. The van der Waals surface area contributed by atoms with Crippen molar-refractivity contribution in [1.29, 1.82) is 0 Å². The summed E-state index contributed by atoms with van der Waals surface area (Å²) in [4.78, 5) is 32.1. The lowest BCUT2D eigenvalue weighted by Crippen LogP contribution is -2.44. The Bertz CT molecular complexity index is 226. The molecular formula is C9H16N2O3. The number of amides is 2. The first kappa shape index (κ1) is 12.6. The molecule has 2 N–H and O–H groups in total. The summed E-state index contributed by atoms with van der Waals surface area (Å²) in [6.45, 7) is 4.90. The molecule has 5 nitrogen and oxygen atoms in total. The summed E-state index contributed by atoms with van der Waals surface area (Å²) in [6, 6.07) is -0.490. The summed E-state index contributed by atoms with van der Waals surface area (Å²) in [5.41, 5.74) is 0. The van der Waals surface area contributed by atoms with Gasteiger partial charge in [-0.3, -0.25) is 9.59 Å². The molecule has 0 aliphatic carbocycles. The molecule has 0 radical (unpaired) electrons. The first-order valence-electron chi connectivity index (χ1n) is 4.46. The molecule has 0 aromatic carbocycles. The highest BCUT2D eigenvalue weighted by Gasteiger charge is 2.14. The van der Waals surface area contributed by atoms with Crippen molar-refractivity contribution < 1.29 is 14.4 Å². The minimum Gasteiger partial charge on any atom is -0.347 e. The molecule has 2 amide bonds. The molecule has 80 valence electrons. The van der Waals surface area contributed by atoms with Crippen LogP contribution in [0.25, 0.3) is 0 Å². The van der Waals surface area contributed by atoms with E-state index in [1.54, 1.807) is 0 Å². The molecule has 0 heterocycles. The SMILES string of the molecule is CC(=O)NCC(=O)NC(C=O)C(C)C. The summed E-state index contributed by atoms with van der Waals surface area (Å²) < 4.78 is 0. The third-order valence-corrected chi connectivity index (χ3v) is 1.69. The summed E-state index contributed by atoms with van der Waals surface area (Å²) in [5.74, 6) is -0.577. The fourth-order valence-corrected chi connectivity index (χ4v) is 0.799. The van der Waals surface area contributed by atoms with Gasteiger partial charge in [0, 0.05) is 6.92 Å². The van der Waals surface area contributed by atoms with Gasteiger partial charge >= 0.3 is 0 Å². The van der Waals surface area contributed by atoms with Gasteiger partial charge in [0.15, 0.2) is 0 Å². The van der Waals surface area contributed by atoms with Gasteiger partial charge in [-0.2, -0.15) is 0 Å². The topological polar surface area (TPSA) is 75.3 Å². The number of nitrogens with one attached hydrogen (secondary N) is 2. The summed E-state index contributed by atoms with van der Waals surface area (Å²) in [5, 5.41) is 4.85. The van der Waals surface area contributed by atoms with Crippen LogP contribution in [0.2, 0.25) is 0 Å². The van der Waals surface area contributed by atoms with Gasteiger partial charge in [0.05, 0.1) is 12.6 Å². The lowest BCUT2D eigenvalue weighted by molar-refractivity contribution is -0.126. The summed E-state index contributed by atoms with van der Waals surface area (Å²) in [7, 11) is 0. The van der Waals surface area contributed by atoms with E-state index in [4.69, 9.17) is 0 Å². The molecule has 1 atom stereocenters. The summed E-state index contributed by atoms with van der Waals surface area (Å²) in [6.07, 6.45) is 0.691. The molecule has 0 aliphatic heterocycles. The van der Waals surface area contributed by atoms with Crippen LogP contribution in [-0.2, 0) is 14.4 Å². The van der Waals surface area contributed by atoms with Crippen molar-refractivity contribution in [3.63, 3.8) is 0 Å². The smallest absolute Gasteiger partial charge is 0.239 e. The van der Waals surface area contributed by atoms with Crippen LogP contribution in [0, 0.1) is 5.92 Å². The molecule has 0 aliphatic rings. The Morgan fingerprint density at radius 1 is 1.36 bits per heavy atom. The lowest BCUT2D eigenvalue weighted by Gasteiger charge is -2.15. The molecule has 14 heavy (non-hydrogen) atoms. The number of hydrogen-bond acceptors (Lipinski definition) is 3. The van der Waals surface area contributed by atoms with Crippen LogP contribution in [0.15, 0.2) is 0 Å². The van der Waals surface area contributed by atoms with E-state index in [2.05, 4.69) is 10.6 Å². The van der Waals surface area contributed by atoms with E-state index in [1.165, 1.54) is 6.92 Å². The molecule has 0 bridgehead atoms. The summed E-state index contributed by atoms with van der Waals surface area (Å²) >= 11 is 0. The normalized spacial score (nSPS) is 12.0. The fraction of sp³-hybridized carbons (Fsp3) is 0.667. The molecule has 1 unspecified atom stereocenters. The van der Waals surface area contributed by atoms with Gasteiger partial charge < -0.3 is 15.4 Å². The zero-order valence-electron chi connectivity index (χ0n) is 8.66. The van der Waals surface area contributed by atoms with Crippen molar-refractivity contribution in [2.75, 3.05) is 6.54 Å². The molecule has 0 aromatic rings. The molecule has 0 fully saturated rings.